The van der Waals surface area contributed by atoms with Crippen molar-refractivity contribution in [2.45, 2.75) is 26.4 Å². The van der Waals surface area contributed by atoms with Crippen LogP contribution >= 0.6 is 0 Å². The summed E-state index contributed by atoms with van der Waals surface area (Å²) in [6.07, 6.45) is 0. The van der Waals surface area contributed by atoms with Crippen molar-refractivity contribution in [3.8, 4) is 5.75 Å². The van der Waals surface area contributed by atoms with Crippen LogP contribution in [0.4, 0.5) is 5.69 Å². The van der Waals surface area contributed by atoms with Gasteiger partial charge in [-0.05, 0) is 37.4 Å². The first-order valence-corrected chi connectivity index (χ1v) is 9.24. The summed E-state index contributed by atoms with van der Waals surface area (Å²) in [5, 5.41) is 5.27. The SMILES string of the molecule is COc1ccc(C)cc1C[NH+](C)[C@@H](C)C(=O)Nc1cccc2ccccc12. The van der Waals surface area contributed by atoms with E-state index in [0.29, 0.717) is 0 Å². The van der Waals surface area contributed by atoms with Crippen LogP contribution in [0.3, 0.4) is 0 Å². The molecule has 0 fully saturated rings. The normalized spacial score (nSPS) is 13.2. The molecule has 0 aliphatic carbocycles. The van der Waals surface area contributed by atoms with Crippen LogP contribution in [-0.2, 0) is 11.3 Å². The molecular formula is C23H27N2O2+. The molecule has 0 spiro atoms. The average Bonchev–Trinajstić information content (AvgIpc) is 2.67. The molecule has 27 heavy (non-hydrogen) atoms. The first-order chi connectivity index (χ1) is 13.0. The minimum absolute atomic E-state index is 0.00970. The summed E-state index contributed by atoms with van der Waals surface area (Å²) in [7, 11) is 3.72. The fraction of sp³-hybridized carbons (Fsp3) is 0.261. The number of aryl methyl sites for hydroxylation is 1. The van der Waals surface area contributed by atoms with Crippen molar-refractivity contribution >= 4 is 22.4 Å². The molecule has 3 aromatic rings. The second-order valence-corrected chi connectivity index (χ2v) is 7.08. The Balaban J connectivity index is 1.74. The van der Waals surface area contributed by atoms with E-state index in [1.807, 2.05) is 56.4 Å². The maximum absolute atomic E-state index is 12.8. The molecule has 1 unspecified atom stereocenters. The summed E-state index contributed by atoms with van der Waals surface area (Å²) < 4.78 is 5.47. The third-order valence-corrected chi connectivity index (χ3v) is 5.09. The number of benzene rings is 3. The second kappa shape index (κ2) is 8.23. The molecule has 3 rings (SSSR count). The molecule has 0 bridgehead atoms. The molecule has 0 saturated heterocycles. The van der Waals surface area contributed by atoms with Crippen LogP contribution in [-0.4, -0.2) is 26.1 Å². The number of carbonyl (C=O) groups excluding carboxylic acids is 1. The van der Waals surface area contributed by atoms with Gasteiger partial charge in [-0.25, -0.2) is 0 Å². The quantitative estimate of drug-likeness (QED) is 0.706. The van der Waals surface area contributed by atoms with Gasteiger partial charge in [0.25, 0.3) is 5.91 Å². The molecule has 0 radical (unpaired) electrons. The topological polar surface area (TPSA) is 42.8 Å². The van der Waals surface area contributed by atoms with Gasteiger partial charge in [0.05, 0.1) is 14.2 Å². The van der Waals surface area contributed by atoms with Crippen LogP contribution in [0.1, 0.15) is 18.1 Å². The standard InChI is InChI=1S/C23H26N2O2/c1-16-12-13-22(27-4)19(14-16)15-25(3)17(2)23(26)24-21-11-7-9-18-8-5-6-10-20(18)21/h5-14,17H,15H2,1-4H3,(H,24,26)/p+1/t17-/m0/s1. The lowest BCUT2D eigenvalue weighted by Gasteiger charge is -2.22. The lowest BCUT2D eigenvalue weighted by atomic mass is 10.1. The van der Waals surface area contributed by atoms with Gasteiger partial charge in [-0.3, -0.25) is 4.79 Å². The lowest BCUT2D eigenvalue weighted by molar-refractivity contribution is -0.907. The largest absolute Gasteiger partial charge is 0.496 e. The van der Waals surface area contributed by atoms with Crippen LogP contribution in [0.2, 0.25) is 0 Å². The van der Waals surface area contributed by atoms with Crippen molar-refractivity contribution in [3.63, 3.8) is 0 Å². The molecule has 2 N–H and O–H groups in total. The predicted octanol–water partition coefficient (Wildman–Crippen LogP) is 3.20. The van der Waals surface area contributed by atoms with Crippen LogP contribution < -0.4 is 15.0 Å². The molecule has 1 amide bonds. The van der Waals surface area contributed by atoms with Gasteiger partial charge in [0.15, 0.2) is 6.04 Å². The Hall–Kier alpha value is -2.85. The zero-order chi connectivity index (χ0) is 19.4. The fourth-order valence-electron chi connectivity index (χ4n) is 3.30. The zero-order valence-electron chi connectivity index (χ0n) is 16.4. The fourth-order valence-corrected chi connectivity index (χ4v) is 3.30. The highest BCUT2D eigenvalue weighted by Gasteiger charge is 2.23. The molecule has 0 aliphatic heterocycles. The number of rotatable bonds is 6. The first kappa shape index (κ1) is 18.9. The van der Waals surface area contributed by atoms with Crippen LogP contribution in [0.15, 0.2) is 60.7 Å². The summed E-state index contributed by atoms with van der Waals surface area (Å²) in [6, 6.07) is 20.0. The van der Waals surface area contributed by atoms with E-state index in [4.69, 9.17) is 4.74 Å². The van der Waals surface area contributed by atoms with E-state index in [0.717, 1.165) is 39.2 Å². The number of hydrogen-bond donors (Lipinski definition) is 2. The van der Waals surface area contributed by atoms with E-state index >= 15 is 0 Å². The first-order valence-electron chi connectivity index (χ1n) is 9.24. The van der Waals surface area contributed by atoms with Gasteiger partial charge in [0.2, 0.25) is 0 Å². The van der Waals surface area contributed by atoms with E-state index in [1.165, 1.54) is 5.56 Å². The number of hydrogen-bond acceptors (Lipinski definition) is 2. The van der Waals surface area contributed by atoms with Gasteiger partial charge < -0.3 is 15.0 Å². The number of fused-ring (bicyclic) bond motifs is 1. The monoisotopic (exact) mass is 363 g/mol. The van der Waals surface area contributed by atoms with E-state index in [9.17, 15) is 4.79 Å². The van der Waals surface area contributed by atoms with Crippen LogP contribution in [0, 0.1) is 6.92 Å². The average molecular weight is 363 g/mol. The lowest BCUT2D eigenvalue weighted by Crippen LogP contribution is -3.12. The van der Waals surface area contributed by atoms with Crippen molar-refractivity contribution in [1.82, 2.24) is 0 Å². The molecule has 2 atom stereocenters. The minimum atomic E-state index is -0.200. The van der Waals surface area contributed by atoms with Crippen molar-refractivity contribution in [3.05, 3.63) is 71.8 Å². The summed E-state index contributed by atoms with van der Waals surface area (Å²) in [5.74, 6) is 0.872. The third-order valence-electron chi connectivity index (χ3n) is 5.09. The van der Waals surface area contributed by atoms with Gasteiger partial charge in [-0.2, -0.15) is 0 Å². The van der Waals surface area contributed by atoms with Crippen LogP contribution in [0.5, 0.6) is 5.75 Å². The highest BCUT2D eigenvalue weighted by atomic mass is 16.5. The molecule has 0 aliphatic rings. The molecule has 4 nitrogen and oxygen atoms in total. The van der Waals surface area contributed by atoms with Gasteiger partial charge in [0.1, 0.15) is 12.3 Å². The van der Waals surface area contributed by atoms with Gasteiger partial charge >= 0.3 is 0 Å². The molecule has 3 aromatic carbocycles. The number of quaternary nitrogens is 1. The zero-order valence-corrected chi connectivity index (χ0v) is 16.4. The summed E-state index contributed by atoms with van der Waals surface area (Å²) >= 11 is 0. The Kier molecular flexibility index (Phi) is 5.77. The Morgan fingerprint density at radius 2 is 1.85 bits per heavy atom. The van der Waals surface area contributed by atoms with Crippen LogP contribution in [0.25, 0.3) is 10.8 Å². The highest BCUT2D eigenvalue weighted by molar-refractivity contribution is 6.03. The Bertz CT molecular complexity index is 947. The summed E-state index contributed by atoms with van der Waals surface area (Å²) in [6.45, 7) is 4.74. The molecule has 0 aromatic heterocycles. The predicted molar refractivity (Wildman–Crippen MR) is 110 cm³/mol. The van der Waals surface area contributed by atoms with E-state index in [1.54, 1.807) is 7.11 Å². The molecular weight excluding hydrogens is 336 g/mol. The number of amides is 1. The minimum Gasteiger partial charge on any atom is -0.496 e. The molecule has 4 heteroatoms. The molecule has 140 valence electrons. The number of nitrogens with one attached hydrogen (secondary N) is 2. The summed E-state index contributed by atoms with van der Waals surface area (Å²) in [5.41, 5.74) is 3.15. The maximum Gasteiger partial charge on any atom is 0.282 e. The highest BCUT2D eigenvalue weighted by Crippen LogP contribution is 2.23. The number of ether oxygens (including phenoxy) is 1. The van der Waals surface area contributed by atoms with E-state index in [-0.39, 0.29) is 11.9 Å². The number of carbonyl (C=O) groups is 1. The van der Waals surface area contributed by atoms with E-state index < -0.39 is 0 Å². The van der Waals surface area contributed by atoms with Crippen molar-refractivity contribution < 1.29 is 14.4 Å². The third kappa shape index (κ3) is 4.29. The van der Waals surface area contributed by atoms with Crippen molar-refractivity contribution in [2.24, 2.45) is 0 Å². The Morgan fingerprint density at radius 1 is 1.11 bits per heavy atom. The molecule has 0 heterocycles. The van der Waals surface area contributed by atoms with Crippen molar-refractivity contribution in [1.29, 1.82) is 0 Å². The maximum atomic E-state index is 12.8. The smallest absolute Gasteiger partial charge is 0.282 e. The Labute approximate surface area is 160 Å². The van der Waals surface area contributed by atoms with Gasteiger partial charge in [-0.15, -0.1) is 0 Å². The van der Waals surface area contributed by atoms with Crippen molar-refractivity contribution in [2.75, 3.05) is 19.5 Å². The molecule has 0 saturated carbocycles. The number of anilines is 1. The number of likely N-dealkylation sites (N-methyl/N-ethyl adjacent to an activating group) is 1. The number of methoxy groups -OCH3 is 1. The summed E-state index contributed by atoms with van der Waals surface area (Å²) in [4.78, 5) is 14.0. The van der Waals surface area contributed by atoms with E-state index in [2.05, 4.69) is 30.4 Å². The second-order valence-electron chi connectivity index (χ2n) is 7.08. The Morgan fingerprint density at radius 3 is 2.63 bits per heavy atom. The van der Waals surface area contributed by atoms with Gasteiger partial charge in [-0.1, -0.05) is 48.0 Å². The van der Waals surface area contributed by atoms with Gasteiger partial charge in [0, 0.05) is 16.6 Å².